The zero-order valence-electron chi connectivity index (χ0n) is 9.18. The molecule has 1 unspecified atom stereocenters. The van der Waals surface area contributed by atoms with Crippen molar-refractivity contribution in [1.29, 1.82) is 0 Å². The second kappa shape index (κ2) is 4.05. The summed E-state index contributed by atoms with van der Waals surface area (Å²) in [5, 5.41) is 21.9. The monoisotopic (exact) mass is 262 g/mol. The number of tetrazole rings is 1. The molecule has 0 radical (unpaired) electrons. The number of hydrogen-bond acceptors (Lipinski definition) is 5. The van der Waals surface area contributed by atoms with E-state index >= 15 is 0 Å². The highest BCUT2D eigenvalue weighted by molar-refractivity contribution is 5.11. The lowest BCUT2D eigenvalue weighted by atomic mass is 9.97. The van der Waals surface area contributed by atoms with Gasteiger partial charge in [0.2, 0.25) is 5.60 Å². The van der Waals surface area contributed by atoms with Crippen molar-refractivity contribution >= 4 is 0 Å². The van der Waals surface area contributed by atoms with Gasteiger partial charge in [-0.05, 0) is 0 Å². The molecule has 10 heteroatoms. The van der Waals surface area contributed by atoms with Crippen LogP contribution in [0.3, 0.4) is 0 Å². The van der Waals surface area contributed by atoms with Gasteiger partial charge in [-0.2, -0.15) is 18.4 Å². The number of imidazole rings is 1. The van der Waals surface area contributed by atoms with Crippen LogP contribution in [0, 0.1) is 0 Å². The molecule has 0 fully saturated rings. The van der Waals surface area contributed by atoms with Crippen LogP contribution < -0.4 is 0 Å². The lowest BCUT2D eigenvalue weighted by Crippen LogP contribution is -2.46. The average Bonchev–Trinajstić information content (AvgIpc) is 2.87. The minimum absolute atomic E-state index is 0.252. The fourth-order valence-electron chi connectivity index (χ4n) is 1.56. The molecule has 0 aromatic carbocycles. The summed E-state index contributed by atoms with van der Waals surface area (Å²) in [6.07, 6.45) is -3.30. The van der Waals surface area contributed by atoms with E-state index in [0.717, 1.165) is 4.57 Å². The summed E-state index contributed by atoms with van der Waals surface area (Å²) in [6.45, 7) is 0. The van der Waals surface area contributed by atoms with Gasteiger partial charge < -0.3 is 9.67 Å². The van der Waals surface area contributed by atoms with E-state index in [0.29, 0.717) is 0 Å². The summed E-state index contributed by atoms with van der Waals surface area (Å²) in [5.74, 6) is -0.780. The third-order valence-corrected chi connectivity index (χ3v) is 2.46. The van der Waals surface area contributed by atoms with Crippen LogP contribution in [-0.4, -0.2) is 41.5 Å². The van der Waals surface area contributed by atoms with Gasteiger partial charge in [0.25, 0.3) is 0 Å². The van der Waals surface area contributed by atoms with Crippen LogP contribution >= 0.6 is 0 Å². The number of nitrogens with one attached hydrogen (secondary N) is 1. The summed E-state index contributed by atoms with van der Waals surface area (Å²) in [6, 6.07) is 0. The molecular formula is C8H9F3N6O. The molecule has 98 valence electrons. The van der Waals surface area contributed by atoms with Gasteiger partial charge in [0, 0.05) is 19.4 Å². The zero-order valence-corrected chi connectivity index (χ0v) is 9.18. The van der Waals surface area contributed by atoms with E-state index in [-0.39, 0.29) is 5.82 Å². The van der Waals surface area contributed by atoms with Crippen molar-refractivity contribution in [2.75, 3.05) is 0 Å². The zero-order chi connectivity index (χ0) is 13.4. The third-order valence-electron chi connectivity index (χ3n) is 2.46. The molecule has 7 nitrogen and oxygen atoms in total. The molecule has 2 rings (SSSR count). The number of nitrogens with zero attached hydrogens (tertiary/aromatic N) is 5. The highest BCUT2D eigenvalue weighted by Gasteiger charge is 2.58. The lowest BCUT2D eigenvalue weighted by molar-refractivity contribution is -0.270. The fourth-order valence-corrected chi connectivity index (χ4v) is 1.56. The Kier molecular flexibility index (Phi) is 2.81. The number of alkyl halides is 3. The predicted molar refractivity (Wildman–Crippen MR) is 51.0 cm³/mol. The molecule has 0 aliphatic heterocycles. The van der Waals surface area contributed by atoms with Crippen molar-refractivity contribution < 1.29 is 18.3 Å². The molecule has 0 aliphatic rings. The third kappa shape index (κ3) is 1.94. The number of H-pyrrole nitrogens is 1. The number of hydrogen-bond donors (Lipinski definition) is 2. The maximum atomic E-state index is 13.0. The predicted octanol–water partition coefficient (Wildman–Crippen LogP) is -0.0742. The number of rotatable bonds is 3. The Morgan fingerprint density at radius 2 is 2.17 bits per heavy atom. The van der Waals surface area contributed by atoms with Crippen LogP contribution in [0.2, 0.25) is 0 Å². The minimum Gasteiger partial charge on any atom is -0.374 e. The summed E-state index contributed by atoms with van der Waals surface area (Å²) in [5.41, 5.74) is -3.16. The summed E-state index contributed by atoms with van der Waals surface area (Å²) in [7, 11) is 1.36. The van der Waals surface area contributed by atoms with Gasteiger partial charge >= 0.3 is 6.18 Å². The Hall–Kier alpha value is -1.97. The molecule has 2 N–H and O–H groups in total. The standard InChI is InChI=1S/C8H9F3N6O/c1-17-3-2-12-6(17)7(18,8(9,10)11)4-5-13-15-16-14-5/h2-3,18H,4H2,1H3,(H,13,14,15,16). The van der Waals surface area contributed by atoms with E-state index in [4.69, 9.17) is 0 Å². The lowest BCUT2D eigenvalue weighted by Gasteiger charge is -2.28. The first kappa shape index (κ1) is 12.5. The van der Waals surface area contributed by atoms with E-state index in [9.17, 15) is 18.3 Å². The van der Waals surface area contributed by atoms with Gasteiger partial charge in [-0.15, -0.1) is 10.2 Å². The maximum absolute atomic E-state index is 13.0. The molecule has 0 amide bonds. The minimum atomic E-state index is -4.91. The average molecular weight is 262 g/mol. The van der Waals surface area contributed by atoms with Crippen LogP contribution in [-0.2, 0) is 19.1 Å². The molecule has 0 saturated carbocycles. The van der Waals surface area contributed by atoms with E-state index in [1.807, 2.05) is 5.21 Å². The van der Waals surface area contributed by atoms with Gasteiger partial charge in [0.15, 0.2) is 11.6 Å². The molecule has 0 saturated heterocycles. The van der Waals surface area contributed by atoms with Crippen LogP contribution in [0.5, 0.6) is 0 Å². The van der Waals surface area contributed by atoms with Crippen molar-refractivity contribution in [2.45, 2.75) is 18.2 Å². The van der Waals surface area contributed by atoms with E-state index in [1.165, 1.54) is 19.4 Å². The number of aliphatic hydroxyl groups is 1. The normalized spacial score (nSPS) is 15.6. The molecule has 2 aromatic rings. The van der Waals surface area contributed by atoms with Gasteiger partial charge in [-0.1, -0.05) is 5.21 Å². The highest BCUT2D eigenvalue weighted by atomic mass is 19.4. The highest BCUT2D eigenvalue weighted by Crippen LogP contribution is 2.39. The Morgan fingerprint density at radius 1 is 1.44 bits per heavy atom. The van der Waals surface area contributed by atoms with E-state index in [2.05, 4.69) is 20.4 Å². The Balaban J connectivity index is 2.45. The smallest absolute Gasteiger partial charge is 0.374 e. The van der Waals surface area contributed by atoms with Crippen molar-refractivity contribution in [3.05, 3.63) is 24.0 Å². The molecular weight excluding hydrogens is 253 g/mol. The topological polar surface area (TPSA) is 92.5 Å². The Labute approximate surface area is 98.7 Å². The summed E-state index contributed by atoms with van der Waals surface area (Å²) >= 11 is 0. The number of aromatic nitrogens is 6. The molecule has 2 aromatic heterocycles. The Morgan fingerprint density at radius 3 is 2.61 bits per heavy atom. The van der Waals surface area contributed by atoms with Gasteiger partial charge in [0.05, 0.1) is 6.42 Å². The van der Waals surface area contributed by atoms with Crippen molar-refractivity contribution in [3.63, 3.8) is 0 Å². The second-order valence-electron chi connectivity index (χ2n) is 3.72. The van der Waals surface area contributed by atoms with Gasteiger partial charge in [0.1, 0.15) is 0 Å². The summed E-state index contributed by atoms with van der Waals surface area (Å²) in [4.78, 5) is 3.54. The number of halogens is 3. The fraction of sp³-hybridized carbons (Fsp3) is 0.500. The maximum Gasteiger partial charge on any atom is 0.425 e. The second-order valence-corrected chi connectivity index (χ2v) is 3.72. The first-order valence-electron chi connectivity index (χ1n) is 4.84. The van der Waals surface area contributed by atoms with Crippen molar-refractivity contribution in [3.8, 4) is 0 Å². The quantitative estimate of drug-likeness (QED) is 0.807. The molecule has 0 spiro atoms. The SMILES string of the molecule is Cn1ccnc1C(O)(Cc1nn[nH]n1)C(F)(F)F. The summed E-state index contributed by atoms with van der Waals surface area (Å²) < 4.78 is 40.2. The van der Waals surface area contributed by atoms with Crippen molar-refractivity contribution in [1.82, 2.24) is 30.2 Å². The first-order chi connectivity index (χ1) is 8.34. The molecule has 18 heavy (non-hydrogen) atoms. The molecule has 0 bridgehead atoms. The van der Waals surface area contributed by atoms with Crippen LogP contribution in [0.4, 0.5) is 13.2 Å². The molecule has 2 heterocycles. The molecule has 0 aliphatic carbocycles. The first-order valence-corrected chi connectivity index (χ1v) is 4.84. The van der Waals surface area contributed by atoms with Crippen LogP contribution in [0.15, 0.2) is 12.4 Å². The van der Waals surface area contributed by atoms with Gasteiger partial charge in [-0.3, -0.25) is 0 Å². The number of aromatic amines is 1. The van der Waals surface area contributed by atoms with Crippen LogP contribution in [0.25, 0.3) is 0 Å². The van der Waals surface area contributed by atoms with Crippen LogP contribution in [0.1, 0.15) is 11.6 Å². The van der Waals surface area contributed by atoms with E-state index in [1.54, 1.807) is 0 Å². The van der Waals surface area contributed by atoms with Gasteiger partial charge in [-0.25, -0.2) is 4.98 Å². The van der Waals surface area contributed by atoms with E-state index < -0.39 is 24.0 Å². The Bertz CT molecular complexity index is 521. The van der Waals surface area contributed by atoms with Crippen molar-refractivity contribution in [2.24, 2.45) is 7.05 Å². The molecule has 1 atom stereocenters. The largest absolute Gasteiger partial charge is 0.425 e. The number of aryl methyl sites for hydroxylation is 1.